The molecule has 2 aromatic rings. The van der Waals surface area contributed by atoms with E-state index in [9.17, 15) is 19.2 Å². The summed E-state index contributed by atoms with van der Waals surface area (Å²) >= 11 is 0. The summed E-state index contributed by atoms with van der Waals surface area (Å²) in [5.74, 6) is -0.561. The van der Waals surface area contributed by atoms with Gasteiger partial charge in [0.15, 0.2) is 18.1 Å². The number of H-pyrrole nitrogens is 2. The van der Waals surface area contributed by atoms with Gasteiger partial charge in [-0.15, -0.1) is 0 Å². The van der Waals surface area contributed by atoms with Crippen molar-refractivity contribution >= 4 is 17.6 Å². The van der Waals surface area contributed by atoms with Gasteiger partial charge < -0.3 is 24.5 Å². The number of hydrogen-bond acceptors (Lipinski definition) is 7. The molecule has 0 radical (unpaired) electrons. The van der Waals surface area contributed by atoms with E-state index in [0.29, 0.717) is 30.4 Å². The molecule has 1 aromatic heterocycles. The minimum Gasteiger partial charge on any atom is -0.486 e. The number of anilines is 1. The van der Waals surface area contributed by atoms with Gasteiger partial charge in [-0.2, -0.15) is 0 Å². The van der Waals surface area contributed by atoms with E-state index in [1.807, 2.05) is 4.98 Å². The summed E-state index contributed by atoms with van der Waals surface area (Å²) in [6, 6.07) is 4.84. The molecule has 0 aliphatic carbocycles. The lowest BCUT2D eigenvalue weighted by Crippen LogP contribution is -2.29. The average molecular weight is 347 g/mol. The molecule has 0 fully saturated rings. The van der Waals surface area contributed by atoms with Crippen molar-refractivity contribution in [2.24, 2.45) is 0 Å². The number of aromatic amines is 2. The Bertz CT molecular complexity index is 931. The molecule has 2 heterocycles. The Balaban J connectivity index is 1.58. The predicted octanol–water partition coefficient (Wildman–Crippen LogP) is -0.370. The van der Waals surface area contributed by atoms with Crippen molar-refractivity contribution in [2.45, 2.75) is 0 Å². The number of nitrogens with one attached hydrogen (secondary N) is 3. The highest BCUT2D eigenvalue weighted by Crippen LogP contribution is 2.32. The Kier molecular flexibility index (Phi) is 4.50. The van der Waals surface area contributed by atoms with Crippen LogP contribution < -0.4 is 26.0 Å². The number of carbonyl (C=O) groups excluding carboxylic acids is 2. The van der Waals surface area contributed by atoms with Crippen LogP contribution in [0.2, 0.25) is 0 Å². The fraction of sp³-hybridized carbons (Fsp3) is 0.200. The van der Waals surface area contributed by atoms with Crippen LogP contribution in [0.3, 0.4) is 0 Å². The zero-order chi connectivity index (χ0) is 17.8. The molecule has 130 valence electrons. The summed E-state index contributed by atoms with van der Waals surface area (Å²) in [6.07, 6.45) is 0.919. The van der Waals surface area contributed by atoms with Gasteiger partial charge in [0, 0.05) is 18.0 Å². The molecule has 1 amide bonds. The van der Waals surface area contributed by atoms with Gasteiger partial charge in [-0.25, -0.2) is 9.59 Å². The van der Waals surface area contributed by atoms with Gasteiger partial charge in [-0.05, 0) is 12.1 Å². The van der Waals surface area contributed by atoms with Crippen molar-refractivity contribution in [2.75, 3.05) is 25.1 Å². The van der Waals surface area contributed by atoms with E-state index in [2.05, 4.69) is 10.3 Å². The highest BCUT2D eigenvalue weighted by molar-refractivity contribution is 5.95. The first-order valence-corrected chi connectivity index (χ1v) is 7.21. The van der Waals surface area contributed by atoms with Crippen LogP contribution in [0, 0.1) is 0 Å². The molecule has 1 aliphatic heterocycles. The van der Waals surface area contributed by atoms with Gasteiger partial charge in [0.05, 0.1) is 0 Å². The monoisotopic (exact) mass is 347 g/mol. The summed E-state index contributed by atoms with van der Waals surface area (Å²) in [5, 5.41) is 2.53. The molecule has 0 atom stereocenters. The SMILES string of the molecule is O=C(COC(=O)c1c[nH]c(=O)[nH]c1=O)Nc1ccc2c(c1)OCCO2. The Morgan fingerprint density at radius 2 is 1.92 bits per heavy atom. The van der Waals surface area contributed by atoms with E-state index in [0.717, 1.165) is 6.20 Å². The molecule has 0 saturated heterocycles. The van der Waals surface area contributed by atoms with Crippen molar-refractivity contribution in [1.82, 2.24) is 9.97 Å². The van der Waals surface area contributed by atoms with Crippen LogP contribution >= 0.6 is 0 Å². The molecule has 0 saturated carbocycles. The minimum absolute atomic E-state index is 0.410. The number of fused-ring (bicyclic) bond motifs is 1. The molecule has 10 heteroatoms. The topological polar surface area (TPSA) is 140 Å². The molecular formula is C15H13N3O7. The quantitative estimate of drug-likeness (QED) is 0.641. The summed E-state index contributed by atoms with van der Waals surface area (Å²) in [6.45, 7) is 0.264. The summed E-state index contributed by atoms with van der Waals surface area (Å²) in [4.78, 5) is 50.0. The highest BCUT2D eigenvalue weighted by Gasteiger charge is 2.16. The summed E-state index contributed by atoms with van der Waals surface area (Å²) in [7, 11) is 0. The number of carbonyl (C=O) groups is 2. The minimum atomic E-state index is -1.03. The molecule has 0 bridgehead atoms. The van der Waals surface area contributed by atoms with Gasteiger partial charge in [0.25, 0.3) is 11.5 Å². The Morgan fingerprint density at radius 1 is 1.16 bits per heavy atom. The first kappa shape index (κ1) is 16.3. The molecule has 0 unspecified atom stereocenters. The number of esters is 1. The lowest BCUT2D eigenvalue weighted by atomic mass is 10.2. The lowest BCUT2D eigenvalue weighted by molar-refractivity contribution is -0.119. The van der Waals surface area contributed by atoms with Crippen LogP contribution in [-0.4, -0.2) is 41.7 Å². The van der Waals surface area contributed by atoms with Gasteiger partial charge >= 0.3 is 11.7 Å². The Labute approximate surface area is 139 Å². The lowest BCUT2D eigenvalue weighted by Gasteiger charge is -2.19. The predicted molar refractivity (Wildman–Crippen MR) is 84.0 cm³/mol. The highest BCUT2D eigenvalue weighted by atomic mass is 16.6. The maximum atomic E-state index is 11.9. The number of ether oxygens (including phenoxy) is 3. The maximum absolute atomic E-state index is 11.9. The molecule has 1 aromatic carbocycles. The number of rotatable bonds is 4. The Hall–Kier alpha value is -3.56. The van der Waals surface area contributed by atoms with Crippen LogP contribution in [0.1, 0.15) is 10.4 Å². The molecule has 1 aliphatic rings. The van der Waals surface area contributed by atoms with Gasteiger partial charge in [0.1, 0.15) is 18.8 Å². The van der Waals surface area contributed by atoms with Crippen molar-refractivity contribution in [3.05, 3.63) is 50.8 Å². The van der Waals surface area contributed by atoms with Gasteiger partial charge in [-0.3, -0.25) is 14.6 Å². The van der Waals surface area contributed by atoms with E-state index < -0.39 is 35.3 Å². The third-order valence-corrected chi connectivity index (χ3v) is 3.20. The fourth-order valence-corrected chi connectivity index (χ4v) is 2.09. The first-order valence-electron chi connectivity index (χ1n) is 7.21. The fourth-order valence-electron chi connectivity index (χ4n) is 2.09. The normalized spacial score (nSPS) is 12.3. The smallest absolute Gasteiger partial charge is 0.345 e. The van der Waals surface area contributed by atoms with Crippen LogP contribution in [0.25, 0.3) is 0 Å². The van der Waals surface area contributed by atoms with E-state index in [4.69, 9.17) is 14.2 Å². The van der Waals surface area contributed by atoms with Crippen molar-refractivity contribution < 1.29 is 23.8 Å². The van der Waals surface area contributed by atoms with E-state index in [-0.39, 0.29) is 0 Å². The third-order valence-electron chi connectivity index (χ3n) is 3.20. The zero-order valence-electron chi connectivity index (χ0n) is 12.8. The summed E-state index contributed by atoms with van der Waals surface area (Å²) < 4.78 is 15.5. The van der Waals surface area contributed by atoms with E-state index >= 15 is 0 Å². The van der Waals surface area contributed by atoms with Gasteiger partial charge in [0.2, 0.25) is 0 Å². The van der Waals surface area contributed by atoms with Crippen molar-refractivity contribution in [3.8, 4) is 11.5 Å². The zero-order valence-corrected chi connectivity index (χ0v) is 12.8. The van der Waals surface area contributed by atoms with Crippen molar-refractivity contribution in [3.63, 3.8) is 0 Å². The number of benzene rings is 1. The molecule has 25 heavy (non-hydrogen) atoms. The average Bonchev–Trinajstić information content (AvgIpc) is 2.59. The van der Waals surface area contributed by atoms with Crippen LogP contribution in [0.5, 0.6) is 11.5 Å². The van der Waals surface area contributed by atoms with Crippen LogP contribution in [-0.2, 0) is 9.53 Å². The van der Waals surface area contributed by atoms with Crippen LogP contribution in [0.4, 0.5) is 5.69 Å². The second-order valence-electron chi connectivity index (χ2n) is 4.97. The van der Waals surface area contributed by atoms with E-state index in [1.165, 1.54) is 0 Å². The molecule has 10 nitrogen and oxygen atoms in total. The molecular weight excluding hydrogens is 334 g/mol. The largest absolute Gasteiger partial charge is 0.486 e. The number of amides is 1. The summed E-state index contributed by atoms with van der Waals surface area (Å²) in [5.41, 5.74) is -1.63. The maximum Gasteiger partial charge on any atom is 0.345 e. The molecule has 3 rings (SSSR count). The van der Waals surface area contributed by atoms with E-state index in [1.54, 1.807) is 18.2 Å². The number of hydrogen-bond donors (Lipinski definition) is 3. The second kappa shape index (κ2) is 6.91. The first-order chi connectivity index (χ1) is 12.0. The van der Waals surface area contributed by atoms with Crippen LogP contribution in [0.15, 0.2) is 34.0 Å². The standard InChI is InChI=1S/C15H13N3O7/c19-12(7-25-14(21)9-6-16-15(22)18-13(9)20)17-8-1-2-10-11(5-8)24-4-3-23-10/h1-2,5-6H,3-4,7H2,(H,17,19)(H2,16,18,20,22). The van der Waals surface area contributed by atoms with Crippen molar-refractivity contribution in [1.29, 1.82) is 0 Å². The van der Waals surface area contributed by atoms with Gasteiger partial charge in [-0.1, -0.05) is 0 Å². The Morgan fingerprint density at radius 3 is 2.68 bits per heavy atom. The molecule has 3 N–H and O–H groups in total. The third kappa shape index (κ3) is 3.86. The second-order valence-corrected chi connectivity index (χ2v) is 4.97. The number of aromatic nitrogens is 2. The molecule has 0 spiro atoms.